The van der Waals surface area contributed by atoms with Crippen LogP contribution in [-0.2, 0) is 0 Å². The summed E-state index contributed by atoms with van der Waals surface area (Å²) in [7, 11) is 0. The number of aromatic amines is 1. The minimum atomic E-state index is -0.133. The standard InChI is InChI=1S/C16H14N2O2/c1-11-2-4-12(5-3-11)15-10-16(20)18(17-15)13-6-8-14(19)9-7-13/h2-10,17,19H,1H3. The van der Waals surface area contributed by atoms with Crippen molar-refractivity contribution >= 4 is 0 Å². The fraction of sp³-hybridized carbons (Fsp3) is 0.0625. The molecule has 0 radical (unpaired) electrons. The molecule has 1 aromatic heterocycles. The van der Waals surface area contributed by atoms with E-state index in [1.807, 2.05) is 31.2 Å². The Kier molecular flexibility index (Phi) is 2.91. The lowest BCUT2D eigenvalue weighted by molar-refractivity contribution is 0.475. The molecule has 3 aromatic rings. The first-order valence-electron chi connectivity index (χ1n) is 6.32. The van der Waals surface area contributed by atoms with Gasteiger partial charge in [0.05, 0.1) is 11.4 Å². The highest BCUT2D eigenvalue weighted by Crippen LogP contribution is 2.18. The summed E-state index contributed by atoms with van der Waals surface area (Å²) in [5.74, 6) is 0.173. The normalized spacial score (nSPS) is 10.7. The number of hydrogen-bond donors (Lipinski definition) is 2. The van der Waals surface area contributed by atoms with Gasteiger partial charge in [-0.25, -0.2) is 4.68 Å². The maximum atomic E-state index is 12.0. The Balaban J connectivity index is 2.05. The number of H-pyrrole nitrogens is 1. The van der Waals surface area contributed by atoms with E-state index in [0.29, 0.717) is 5.69 Å². The Morgan fingerprint density at radius 2 is 1.65 bits per heavy atom. The molecule has 0 saturated carbocycles. The molecule has 2 aromatic carbocycles. The number of phenols is 1. The topological polar surface area (TPSA) is 58.0 Å². The van der Waals surface area contributed by atoms with Crippen molar-refractivity contribution in [1.82, 2.24) is 9.78 Å². The molecular weight excluding hydrogens is 252 g/mol. The van der Waals surface area contributed by atoms with E-state index < -0.39 is 0 Å². The highest BCUT2D eigenvalue weighted by Gasteiger charge is 2.06. The van der Waals surface area contributed by atoms with Crippen molar-refractivity contribution in [3.8, 4) is 22.7 Å². The Labute approximate surface area is 115 Å². The Bertz CT molecular complexity index is 781. The summed E-state index contributed by atoms with van der Waals surface area (Å²) in [6, 6.07) is 16.0. The van der Waals surface area contributed by atoms with Crippen LogP contribution in [0.15, 0.2) is 59.4 Å². The van der Waals surface area contributed by atoms with Crippen molar-refractivity contribution in [2.24, 2.45) is 0 Å². The molecular formula is C16H14N2O2. The van der Waals surface area contributed by atoms with E-state index >= 15 is 0 Å². The summed E-state index contributed by atoms with van der Waals surface area (Å²) in [5, 5.41) is 12.4. The van der Waals surface area contributed by atoms with Crippen LogP contribution < -0.4 is 5.56 Å². The van der Waals surface area contributed by atoms with Crippen LogP contribution in [0.25, 0.3) is 16.9 Å². The second kappa shape index (κ2) is 4.74. The number of hydrogen-bond acceptors (Lipinski definition) is 2. The van der Waals surface area contributed by atoms with Gasteiger partial charge in [0.25, 0.3) is 5.56 Å². The quantitative estimate of drug-likeness (QED) is 0.749. The molecule has 0 fully saturated rings. The van der Waals surface area contributed by atoms with Gasteiger partial charge in [-0.2, -0.15) is 0 Å². The average Bonchev–Trinajstić information content (AvgIpc) is 2.82. The SMILES string of the molecule is Cc1ccc(-c2cc(=O)n(-c3ccc(O)cc3)[nH]2)cc1. The lowest BCUT2D eigenvalue weighted by atomic mass is 10.1. The molecule has 100 valence electrons. The smallest absolute Gasteiger partial charge is 0.271 e. The highest BCUT2D eigenvalue weighted by molar-refractivity contribution is 5.59. The number of phenolic OH excluding ortho intramolecular Hbond substituents is 1. The number of nitrogens with zero attached hydrogens (tertiary/aromatic N) is 1. The summed E-state index contributed by atoms with van der Waals surface area (Å²) in [4.78, 5) is 12.0. The summed E-state index contributed by atoms with van der Waals surface area (Å²) in [6.45, 7) is 2.02. The zero-order valence-electron chi connectivity index (χ0n) is 11.0. The van der Waals surface area contributed by atoms with Crippen LogP contribution in [0, 0.1) is 6.92 Å². The summed E-state index contributed by atoms with van der Waals surface area (Å²) < 4.78 is 1.45. The van der Waals surface area contributed by atoms with Gasteiger partial charge in [-0.05, 0) is 36.8 Å². The highest BCUT2D eigenvalue weighted by atomic mass is 16.3. The van der Waals surface area contributed by atoms with E-state index in [1.54, 1.807) is 30.3 Å². The third-order valence-electron chi connectivity index (χ3n) is 3.19. The predicted molar refractivity (Wildman–Crippen MR) is 78.2 cm³/mol. The average molecular weight is 266 g/mol. The van der Waals surface area contributed by atoms with Gasteiger partial charge < -0.3 is 5.11 Å². The second-order valence-corrected chi connectivity index (χ2v) is 4.73. The molecule has 0 spiro atoms. The Morgan fingerprint density at radius 1 is 1.00 bits per heavy atom. The van der Waals surface area contributed by atoms with E-state index in [2.05, 4.69) is 5.10 Å². The lowest BCUT2D eigenvalue weighted by Gasteiger charge is -2.02. The van der Waals surface area contributed by atoms with Gasteiger partial charge in [0.1, 0.15) is 5.75 Å². The molecule has 0 aliphatic rings. The van der Waals surface area contributed by atoms with Crippen molar-refractivity contribution in [2.75, 3.05) is 0 Å². The molecule has 0 aliphatic heterocycles. The number of aromatic nitrogens is 2. The van der Waals surface area contributed by atoms with Crippen molar-refractivity contribution in [3.05, 3.63) is 70.5 Å². The third-order valence-corrected chi connectivity index (χ3v) is 3.19. The van der Waals surface area contributed by atoms with Crippen LogP contribution in [0.2, 0.25) is 0 Å². The second-order valence-electron chi connectivity index (χ2n) is 4.73. The minimum absolute atomic E-state index is 0.133. The van der Waals surface area contributed by atoms with E-state index in [9.17, 15) is 9.90 Å². The molecule has 0 aliphatic carbocycles. The zero-order valence-corrected chi connectivity index (χ0v) is 11.0. The van der Waals surface area contributed by atoms with Gasteiger partial charge in [0, 0.05) is 6.07 Å². The van der Waals surface area contributed by atoms with Gasteiger partial charge in [-0.1, -0.05) is 29.8 Å². The predicted octanol–water partition coefficient (Wildman–Crippen LogP) is 2.85. The van der Waals surface area contributed by atoms with Crippen molar-refractivity contribution in [2.45, 2.75) is 6.92 Å². The number of aryl methyl sites for hydroxylation is 1. The fourth-order valence-corrected chi connectivity index (χ4v) is 2.07. The monoisotopic (exact) mass is 266 g/mol. The molecule has 4 heteroatoms. The first kappa shape index (κ1) is 12.3. The van der Waals surface area contributed by atoms with Gasteiger partial charge in [0.15, 0.2) is 0 Å². The Hall–Kier alpha value is -2.75. The fourth-order valence-electron chi connectivity index (χ4n) is 2.07. The lowest BCUT2D eigenvalue weighted by Crippen LogP contribution is -2.12. The van der Waals surface area contributed by atoms with Crippen LogP contribution in [0.1, 0.15) is 5.56 Å². The van der Waals surface area contributed by atoms with Crippen LogP contribution in [0.4, 0.5) is 0 Å². The molecule has 0 saturated heterocycles. The number of nitrogens with one attached hydrogen (secondary N) is 1. The molecule has 0 amide bonds. The zero-order chi connectivity index (χ0) is 14.1. The van der Waals surface area contributed by atoms with Crippen molar-refractivity contribution in [3.63, 3.8) is 0 Å². The largest absolute Gasteiger partial charge is 0.508 e. The third kappa shape index (κ3) is 2.23. The van der Waals surface area contributed by atoms with Crippen LogP contribution in [0.3, 0.4) is 0 Å². The van der Waals surface area contributed by atoms with Gasteiger partial charge in [-0.3, -0.25) is 9.89 Å². The van der Waals surface area contributed by atoms with Crippen LogP contribution in [-0.4, -0.2) is 14.9 Å². The van der Waals surface area contributed by atoms with Gasteiger partial charge in [-0.15, -0.1) is 0 Å². The van der Waals surface area contributed by atoms with E-state index in [-0.39, 0.29) is 11.3 Å². The molecule has 0 atom stereocenters. The van der Waals surface area contributed by atoms with Crippen molar-refractivity contribution < 1.29 is 5.11 Å². The number of aromatic hydroxyl groups is 1. The van der Waals surface area contributed by atoms with Gasteiger partial charge >= 0.3 is 0 Å². The van der Waals surface area contributed by atoms with E-state index in [0.717, 1.165) is 11.3 Å². The number of benzene rings is 2. The summed E-state index contributed by atoms with van der Waals surface area (Å²) >= 11 is 0. The van der Waals surface area contributed by atoms with Gasteiger partial charge in [0.2, 0.25) is 0 Å². The maximum Gasteiger partial charge on any atom is 0.271 e. The molecule has 1 heterocycles. The Morgan fingerprint density at radius 3 is 2.30 bits per heavy atom. The minimum Gasteiger partial charge on any atom is -0.508 e. The molecule has 4 nitrogen and oxygen atoms in total. The summed E-state index contributed by atoms with van der Waals surface area (Å²) in [6.07, 6.45) is 0. The van der Waals surface area contributed by atoms with Crippen molar-refractivity contribution in [1.29, 1.82) is 0 Å². The molecule has 20 heavy (non-hydrogen) atoms. The van der Waals surface area contributed by atoms with E-state index in [1.165, 1.54) is 10.2 Å². The summed E-state index contributed by atoms with van der Waals surface area (Å²) in [5.41, 5.74) is 3.46. The number of rotatable bonds is 2. The molecule has 3 rings (SSSR count). The maximum absolute atomic E-state index is 12.0. The molecule has 0 unspecified atom stereocenters. The molecule has 0 bridgehead atoms. The first-order chi connectivity index (χ1) is 9.63. The van der Waals surface area contributed by atoms with Crippen LogP contribution >= 0.6 is 0 Å². The van der Waals surface area contributed by atoms with E-state index in [4.69, 9.17) is 0 Å². The molecule has 2 N–H and O–H groups in total. The first-order valence-corrected chi connectivity index (χ1v) is 6.32. The van der Waals surface area contributed by atoms with Crippen LogP contribution in [0.5, 0.6) is 5.75 Å².